The number of rotatable bonds is 13. The van der Waals surface area contributed by atoms with Crippen molar-refractivity contribution in [1.29, 1.82) is 0 Å². The van der Waals surface area contributed by atoms with Crippen LogP contribution in [0.25, 0.3) is 0 Å². The van der Waals surface area contributed by atoms with Gasteiger partial charge >= 0.3 is 0 Å². The van der Waals surface area contributed by atoms with Gasteiger partial charge in [-0.15, -0.1) is 0 Å². The molecule has 0 saturated carbocycles. The lowest BCUT2D eigenvalue weighted by molar-refractivity contribution is 0.123. The second-order valence-corrected chi connectivity index (χ2v) is 5.50. The highest BCUT2D eigenvalue weighted by Crippen LogP contribution is 2.21. The smallest absolute Gasteiger partial charge is 0.119 e. The first-order chi connectivity index (χ1) is 10.8. The summed E-state index contributed by atoms with van der Waals surface area (Å²) < 4.78 is 11.3. The van der Waals surface area contributed by atoms with Crippen LogP contribution in [0.1, 0.15) is 50.7 Å². The Balaban J connectivity index is 2.20. The highest BCUT2D eigenvalue weighted by Gasteiger charge is 2.07. The summed E-state index contributed by atoms with van der Waals surface area (Å²) in [6.45, 7) is 5.33. The molecule has 4 nitrogen and oxygen atoms in total. The van der Waals surface area contributed by atoms with Crippen LogP contribution in [0.15, 0.2) is 24.3 Å². The summed E-state index contributed by atoms with van der Waals surface area (Å²) in [5.74, 6) is 0.827. The summed E-state index contributed by atoms with van der Waals surface area (Å²) in [4.78, 5) is 0. The zero-order chi connectivity index (χ0) is 16.0. The van der Waals surface area contributed by atoms with Crippen LogP contribution in [-0.2, 0) is 4.74 Å². The molecule has 0 spiro atoms. The molecule has 0 bridgehead atoms. The second kappa shape index (κ2) is 12.4. The summed E-state index contributed by atoms with van der Waals surface area (Å²) in [5, 5.41) is 13.1. The molecule has 0 aliphatic heterocycles. The van der Waals surface area contributed by atoms with E-state index in [-0.39, 0.29) is 0 Å². The average molecular weight is 309 g/mol. The van der Waals surface area contributed by atoms with Gasteiger partial charge in [0.15, 0.2) is 0 Å². The van der Waals surface area contributed by atoms with Crippen molar-refractivity contribution >= 4 is 0 Å². The second-order valence-electron chi connectivity index (χ2n) is 5.50. The quantitative estimate of drug-likeness (QED) is 0.549. The minimum Gasteiger partial charge on any atom is -0.494 e. The molecule has 4 heteroatoms. The maximum atomic E-state index is 10.1. The summed E-state index contributed by atoms with van der Waals surface area (Å²) in [6, 6.07) is 7.74. The van der Waals surface area contributed by atoms with E-state index in [2.05, 4.69) is 12.2 Å². The summed E-state index contributed by atoms with van der Waals surface area (Å²) >= 11 is 0. The Kier molecular flexibility index (Phi) is 10.7. The monoisotopic (exact) mass is 309 g/mol. The lowest BCUT2D eigenvalue weighted by Crippen LogP contribution is -2.12. The minimum absolute atomic E-state index is 0.442. The van der Waals surface area contributed by atoms with Gasteiger partial charge in [0.1, 0.15) is 5.75 Å². The number of hydrogen-bond donors (Lipinski definition) is 2. The van der Waals surface area contributed by atoms with Crippen molar-refractivity contribution in [2.45, 2.75) is 45.1 Å². The molecule has 1 aromatic rings. The molecule has 0 aliphatic carbocycles. The van der Waals surface area contributed by atoms with E-state index in [1.165, 1.54) is 6.42 Å². The zero-order valence-electron chi connectivity index (χ0n) is 14.0. The third-order valence-electron chi connectivity index (χ3n) is 3.50. The van der Waals surface area contributed by atoms with Crippen molar-refractivity contribution in [3.63, 3.8) is 0 Å². The molecular weight excluding hydrogens is 278 g/mol. The Labute approximate surface area is 134 Å². The van der Waals surface area contributed by atoms with E-state index < -0.39 is 6.10 Å². The van der Waals surface area contributed by atoms with Gasteiger partial charge in [0.25, 0.3) is 0 Å². The summed E-state index contributed by atoms with van der Waals surface area (Å²) in [5.41, 5.74) is 0.913. The van der Waals surface area contributed by atoms with Crippen LogP contribution in [0, 0.1) is 0 Å². The number of aliphatic hydroxyl groups is 1. The first kappa shape index (κ1) is 18.9. The third-order valence-corrected chi connectivity index (χ3v) is 3.50. The number of unbranched alkanes of at least 4 members (excludes halogenated alkanes) is 2. The van der Waals surface area contributed by atoms with Crippen LogP contribution in [0.5, 0.6) is 5.75 Å². The van der Waals surface area contributed by atoms with Crippen molar-refractivity contribution in [3.8, 4) is 5.75 Å². The van der Waals surface area contributed by atoms with Crippen LogP contribution in [0.3, 0.4) is 0 Å². The van der Waals surface area contributed by atoms with Gasteiger partial charge in [0.05, 0.1) is 12.7 Å². The van der Waals surface area contributed by atoms with Crippen LogP contribution < -0.4 is 10.1 Å². The van der Waals surface area contributed by atoms with Gasteiger partial charge in [0, 0.05) is 13.2 Å². The minimum atomic E-state index is -0.442. The Bertz CT molecular complexity index is 384. The van der Waals surface area contributed by atoms with E-state index in [1.807, 2.05) is 31.3 Å². The highest BCUT2D eigenvalue weighted by atomic mass is 16.5. The molecule has 0 saturated heterocycles. The van der Waals surface area contributed by atoms with Crippen LogP contribution in [0.4, 0.5) is 0 Å². The third kappa shape index (κ3) is 8.37. The Morgan fingerprint density at radius 1 is 1.14 bits per heavy atom. The van der Waals surface area contributed by atoms with Gasteiger partial charge in [0.2, 0.25) is 0 Å². The molecule has 0 amide bonds. The van der Waals surface area contributed by atoms with Gasteiger partial charge in [-0.05, 0) is 57.0 Å². The lowest BCUT2D eigenvalue weighted by atomic mass is 10.1. The molecule has 0 heterocycles. The summed E-state index contributed by atoms with van der Waals surface area (Å²) in [6.07, 6.45) is 4.59. The molecule has 0 aliphatic rings. The first-order valence-corrected chi connectivity index (χ1v) is 8.41. The standard InChI is InChI=1S/C18H31NO3/c1-3-4-12-21-13-5-6-14-22-17-9-7-8-16(15-17)18(20)10-11-19-2/h7-9,15,18-20H,3-6,10-14H2,1-2H3. The Morgan fingerprint density at radius 3 is 2.68 bits per heavy atom. The number of benzene rings is 1. The molecule has 22 heavy (non-hydrogen) atoms. The summed E-state index contributed by atoms with van der Waals surface area (Å²) in [7, 11) is 1.89. The largest absolute Gasteiger partial charge is 0.494 e. The predicted octanol–water partition coefficient (Wildman–Crippen LogP) is 3.31. The molecule has 2 N–H and O–H groups in total. The van der Waals surface area contributed by atoms with Crippen LogP contribution in [-0.4, -0.2) is 38.5 Å². The molecule has 1 atom stereocenters. The fraction of sp³-hybridized carbons (Fsp3) is 0.667. The predicted molar refractivity (Wildman–Crippen MR) is 90.4 cm³/mol. The molecule has 126 valence electrons. The van der Waals surface area contributed by atoms with Crippen molar-refractivity contribution in [2.24, 2.45) is 0 Å². The van der Waals surface area contributed by atoms with E-state index in [0.29, 0.717) is 13.0 Å². The van der Waals surface area contributed by atoms with Gasteiger partial charge in [-0.2, -0.15) is 0 Å². The highest BCUT2D eigenvalue weighted by molar-refractivity contribution is 5.29. The van der Waals surface area contributed by atoms with Gasteiger partial charge < -0.3 is 19.9 Å². The molecule has 0 aromatic heterocycles. The average Bonchev–Trinajstić information content (AvgIpc) is 2.55. The molecule has 0 fully saturated rings. The van der Waals surface area contributed by atoms with E-state index in [4.69, 9.17) is 9.47 Å². The van der Waals surface area contributed by atoms with Crippen molar-refractivity contribution in [2.75, 3.05) is 33.4 Å². The maximum absolute atomic E-state index is 10.1. The maximum Gasteiger partial charge on any atom is 0.119 e. The molecule has 1 unspecified atom stereocenters. The molecule has 0 radical (unpaired) electrons. The topological polar surface area (TPSA) is 50.7 Å². The van der Waals surface area contributed by atoms with Gasteiger partial charge in [-0.1, -0.05) is 25.5 Å². The number of ether oxygens (including phenoxy) is 2. The van der Waals surface area contributed by atoms with Crippen LogP contribution in [0.2, 0.25) is 0 Å². The zero-order valence-corrected chi connectivity index (χ0v) is 14.0. The van der Waals surface area contributed by atoms with Crippen molar-refractivity contribution in [1.82, 2.24) is 5.32 Å². The fourth-order valence-corrected chi connectivity index (χ4v) is 2.10. The molecule has 1 rings (SSSR count). The molecule has 1 aromatic carbocycles. The van der Waals surface area contributed by atoms with Gasteiger partial charge in [-0.3, -0.25) is 0 Å². The number of aliphatic hydroxyl groups excluding tert-OH is 1. The normalized spacial score (nSPS) is 12.3. The van der Waals surface area contributed by atoms with E-state index in [1.54, 1.807) is 0 Å². The van der Waals surface area contributed by atoms with Crippen LogP contribution >= 0.6 is 0 Å². The fourth-order valence-electron chi connectivity index (χ4n) is 2.10. The Morgan fingerprint density at radius 2 is 1.91 bits per heavy atom. The van der Waals surface area contributed by atoms with Crippen molar-refractivity contribution < 1.29 is 14.6 Å². The van der Waals surface area contributed by atoms with E-state index >= 15 is 0 Å². The number of hydrogen-bond acceptors (Lipinski definition) is 4. The van der Waals surface area contributed by atoms with E-state index in [0.717, 1.165) is 50.3 Å². The first-order valence-electron chi connectivity index (χ1n) is 8.41. The van der Waals surface area contributed by atoms with Crippen molar-refractivity contribution in [3.05, 3.63) is 29.8 Å². The lowest BCUT2D eigenvalue weighted by Gasteiger charge is -2.13. The SMILES string of the molecule is CCCCOCCCCOc1cccc(C(O)CCNC)c1. The molecular formula is C18H31NO3. The van der Waals surface area contributed by atoms with Gasteiger partial charge in [-0.25, -0.2) is 0 Å². The number of nitrogens with one attached hydrogen (secondary N) is 1. The van der Waals surface area contributed by atoms with E-state index in [9.17, 15) is 5.11 Å². The Hall–Kier alpha value is -1.10.